The molecule has 0 saturated carbocycles. The molecule has 0 spiro atoms. The van der Waals surface area contributed by atoms with E-state index in [-0.39, 0.29) is 38.0 Å². The number of hydrogen-bond acceptors (Lipinski definition) is 6. The van der Waals surface area contributed by atoms with Gasteiger partial charge in [-0.05, 0) is 96.3 Å². The van der Waals surface area contributed by atoms with Crippen LogP contribution in [0.15, 0.2) is 97.2 Å². The number of rotatable bonds is 41. The van der Waals surface area contributed by atoms with Gasteiger partial charge < -0.3 is 14.2 Å². The van der Waals surface area contributed by atoms with Crippen LogP contribution >= 0.6 is 0 Å². The predicted octanol–water partition coefficient (Wildman–Crippen LogP) is 15.4. The average molecular weight is 819 g/mol. The molecule has 0 aliphatic rings. The molecule has 0 aliphatic heterocycles. The van der Waals surface area contributed by atoms with Crippen molar-refractivity contribution in [3.05, 3.63) is 97.2 Å². The molecule has 6 nitrogen and oxygen atoms in total. The summed E-state index contributed by atoms with van der Waals surface area (Å²) in [6.45, 7) is 6.32. The molecule has 0 aromatic rings. The summed E-state index contributed by atoms with van der Waals surface area (Å²) in [5.41, 5.74) is 0. The lowest BCUT2D eigenvalue weighted by molar-refractivity contribution is -0.166. The second-order valence-electron chi connectivity index (χ2n) is 15.3. The largest absolute Gasteiger partial charge is 0.462 e. The van der Waals surface area contributed by atoms with Crippen molar-refractivity contribution in [2.24, 2.45) is 0 Å². The Kier molecular flexibility index (Phi) is 44.1. The molecule has 334 valence electrons. The fraction of sp³-hybridized carbons (Fsp3) is 0.642. The van der Waals surface area contributed by atoms with Crippen LogP contribution in [0.5, 0.6) is 0 Å². The molecule has 0 aromatic heterocycles. The van der Waals surface area contributed by atoms with Crippen LogP contribution in [-0.4, -0.2) is 37.2 Å². The minimum atomic E-state index is -0.827. The minimum Gasteiger partial charge on any atom is -0.462 e. The van der Waals surface area contributed by atoms with Crippen LogP contribution in [0.1, 0.15) is 201 Å². The first-order chi connectivity index (χ1) is 29.0. The summed E-state index contributed by atoms with van der Waals surface area (Å²) in [7, 11) is 0. The zero-order valence-corrected chi connectivity index (χ0v) is 38.0. The Morgan fingerprint density at radius 3 is 1.25 bits per heavy atom. The van der Waals surface area contributed by atoms with Crippen LogP contribution in [0.2, 0.25) is 0 Å². The highest BCUT2D eigenvalue weighted by Gasteiger charge is 2.19. The van der Waals surface area contributed by atoms with Gasteiger partial charge in [0.1, 0.15) is 13.2 Å². The molecule has 0 saturated heterocycles. The summed E-state index contributed by atoms with van der Waals surface area (Å²) in [5.74, 6) is -1.08. The second kappa shape index (κ2) is 47.0. The van der Waals surface area contributed by atoms with Gasteiger partial charge >= 0.3 is 17.9 Å². The molecule has 0 radical (unpaired) electrons. The average Bonchev–Trinajstić information content (AvgIpc) is 3.23. The Morgan fingerprint density at radius 1 is 0.373 bits per heavy atom. The summed E-state index contributed by atoms with van der Waals surface area (Å²) < 4.78 is 16.6. The SMILES string of the molecule is CC/C=C\C/C=C\C/C=C\C/C=C\C/C=C\CC(=O)OCC(COC(=O)CCCCCCC/C=C\CCCC)OC(=O)CCCCCCC/C=C\C/C=C\CCCCC. The molecule has 1 atom stereocenters. The van der Waals surface area contributed by atoms with Gasteiger partial charge in [0.25, 0.3) is 0 Å². The van der Waals surface area contributed by atoms with E-state index in [0.717, 1.165) is 109 Å². The molecular formula is C53H86O6. The smallest absolute Gasteiger partial charge is 0.309 e. The number of esters is 3. The van der Waals surface area contributed by atoms with Gasteiger partial charge in [0, 0.05) is 12.8 Å². The Labute approximate surface area is 362 Å². The lowest BCUT2D eigenvalue weighted by atomic mass is 10.1. The van der Waals surface area contributed by atoms with Crippen molar-refractivity contribution >= 4 is 17.9 Å². The number of allylic oxidation sites excluding steroid dienone is 15. The Bertz CT molecular complexity index is 1220. The van der Waals surface area contributed by atoms with Crippen LogP contribution in [0, 0.1) is 0 Å². The van der Waals surface area contributed by atoms with Gasteiger partial charge in [0.05, 0.1) is 6.42 Å². The number of unbranched alkanes of at least 4 members (excludes halogenated alkanes) is 15. The topological polar surface area (TPSA) is 78.9 Å². The van der Waals surface area contributed by atoms with E-state index < -0.39 is 12.1 Å². The first-order valence-electron chi connectivity index (χ1n) is 23.7. The maximum atomic E-state index is 12.7. The van der Waals surface area contributed by atoms with E-state index in [1.54, 1.807) is 6.08 Å². The van der Waals surface area contributed by atoms with E-state index in [1.165, 1.54) is 51.4 Å². The van der Waals surface area contributed by atoms with E-state index >= 15 is 0 Å². The number of carbonyl (C=O) groups excluding carboxylic acids is 3. The first-order valence-corrected chi connectivity index (χ1v) is 23.7. The highest BCUT2D eigenvalue weighted by Crippen LogP contribution is 2.12. The summed E-state index contributed by atoms with van der Waals surface area (Å²) in [5, 5.41) is 0. The zero-order valence-electron chi connectivity index (χ0n) is 38.0. The highest BCUT2D eigenvalue weighted by molar-refractivity contribution is 5.72. The van der Waals surface area contributed by atoms with Crippen molar-refractivity contribution < 1.29 is 28.6 Å². The van der Waals surface area contributed by atoms with E-state index in [4.69, 9.17) is 14.2 Å². The van der Waals surface area contributed by atoms with Crippen molar-refractivity contribution in [3.63, 3.8) is 0 Å². The fourth-order valence-electron chi connectivity index (χ4n) is 5.99. The quantitative estimate of drug-likeness (QED) is 0.0265. The van der Waals surface area contributed by atoms with Crippen LogP contribution < -0.4 is 0 Å². The summed E-state index contributed by atoms with van der Waals surface area (Å²) in [6, 6.07) is 0. The molecule has 0 N–H and O–H groups in total. The van der Waals surface area contributed by atoms with Crippen molar-refractivity contribution in [2.45, 2.75) is 207 Å². The maximum Gasteiger partial charge on any atom is 0.309 e. The van der Waals surface area contributed by atoms with Gasteiger partial charge in [-0.3, -0.25) is 14.4 Å². The van der Waals surface area contributed by atoms with Gasteiger partial charge in [-0.2, -0.15) is 0 Å². The molecule has 0 bridgehead atoms. The summed E-state index contributed by atoms with van der Waals surface area (Å²) in [4.78, 5) is 37.8. The normalized spacial score (nSPS) is 12.9. The van der Waals surface area contributed by atoms with Crippen LogP contribution in [-0.2, 0) is 28.6 Å². The number of carbonyl (C=O) groups is 3. The highest BCUT2D eigenvalue weighted by atomic mass is 16.6. The molecule has 0 aromatic carbocycles. The van der Waals surface area contributed by atoms with Crippen LogP contribution in [0.4, 0.5) is 0 Å². The minimum absolute atomic E-state index is 0.119. The molecule has 0 fully saturated rings. The molecule has 0 amide bonds. The monoisotopic (exact) mass is 819 g/mol. The lowest BCUT2D eigenvalue weighted by Gasteiger charge is -2.18. The van der Waals surface area contributed by atoms with Crippen molar-refractivity contribution in [1.29, 1.82) is 0 Å². The number of ether oxygens (including phenoxy) is 3. The second-order valence-corrected chi connectivity index (χ2v) is 15.3. The Balaban J connectivity index is 4.56. The van der Waals surface area contributed by atoms with Gasteiger partial charge in [-0.25, -0.2) is 0 Å². The third kappa shape index (κ3) is 45.3. The van der Waals surface area contributed by atoms with Gasteiger partial charge in [0.15, 0.2) is 6.10 Å². The van der Waals surface area contributed by atoms with E-state index in [0.29, 0.717) is 6.42 Å². The third-order valence-electron chi connectivity index (χ3n) is 9.57. The van der Waals surface area contributed by atoms with E-state index in [9.17, 15) is 14.4 Å². The molecule has 0 aliphatic carbocycles. The maximum absolute atomic E-state index is 12.7. The molecule has 0 rings (SSSR count). The van der Waals surface area contributed by atoms with Crippen molar-refractivity contribution in [1.82, 2.24) is 0 Å². The van der Waals surface area contributed by atoms with Gasteiger partial charge in [-0.15, -0.1) is 0 Å². The Morgan fingerprint density at radius 2 is 0.746 bits per heavy atom. The molecule has 1 unspecified atom stereocenters. The third-order valence-corrected chi connectivity index (χ3v) is 9.57. The first kappa shape index (κ1) is 55.3. The van der Waals surface area contributed by atoms with E-state index in [2.05, 4.69) is 106 Å². The van der Waals surface area contributed by atoms with Crippen LogP contribution in [0.3, 0.4) is 0 Å². The van der Waals surface area contributed by atoms with Gasteiger partial charge in [0.2, 0.25) is 0 Å². The standard InChI is InChI=1S/C53H86O6/c1-4-7-10-13-16-19-22-24-26-28-31-34-37-40-43-46-52(55)58-49-50(48-57-51(54)45-42-39-36-33-30-21-18-15-12-9-6-3)59-53(56)47-44-41-38-35-32-29-27-25-23-20-17-14-11-8-5-2/h7,10,15-20,24-27,31,34,40,43,50H,4-6,8-9,11-14,21-23,28-30,32-33,35-39,41-42,44-49H2,1-3H3/b10-7-,18-15-,19-16-,20-17-,26-24-,27-25-,34-31-,43-40-. The fourth-order valence-corrected chi connectivity index (χ4v) is 5.99. The molecule has 6 heteroatoms. The molecule has 59 heavy (non-hydrogen) atoms. The van der Waals surface area contributed by atoms with Gasteiger partial charge in [-0.1, -0.05) is 182 Å². The van der Waals surface area contributed by atoms with Crippen molar-refractivity contribution in [3.8, 4) is 0 Å². The molecular weight excluding hydrogens is 733 g/mol. The predicted molar refractivity (Wildman–Crippen MR) is 251 cm³/mol. The van der Waals surface area contributed by atoms with Crippen LogP contribution in [0.25, 0.3) is 0 Å². The summed E-state index contributed by atoms with van der Waals surface area (Å²) >= 11 is 0. The number of hydrogen-bond donors (Lipinski definition) is 0. The van der Waals surface area contributed by atoms with Crippen molar-refractivity contribution in [2.75, 3.05) is 13.2 Å². The Hall–Kier alpha value is -3.67. The lowest BCUT2D eigenvalue weighted by Crippen LogP contribution is -2.30. The zero-order chi connectivity index (χ0) is 43.0. The molecule has 0 heterocycles. The van der Waals surface area contributed by atoms with E-state index in [1.807, 2.05) is 6.08 Å². The summed E-state index contributed by atoms with van der Waals surface area (Å²) in [6.07, 6.45) is 61.2.